The van der Waals surface area contributed by atoms with E-state index >= 15 is 0 Å². The maximum Gasteiger partial charge on any atom is 0.334 e. The van der Waals surface area contributed by atoms with E-state index in [9.17, 15) is 18.0 Å². The monoisotopic (exact) mass is 235 g/mol. The number of nitrogens with one attached hydrogen (secondary N) is 1. The molecule has 15 heavy (non-hydrogen) atoms. The fourth-order valence-corrected chi connectivity index (χ4v) is 1.96. The Labute approximate surface area is 82.6 Å². The number of carbonyl (C=O) groups is 2. The second kappa shape index (κ2) is 3.65. The third kappa shape index (κ3) is 1.93. The van der Waals surface area contributed by atoms with Gasteiger partial charge in [-0.2, -0.15) is 10.3 Å². The van der Waals surface area contributed by atoms with Gasteiger partial charge in [0.1, 0.15) is 0 Å². The minimum absolute atomic E-state index is 0.725. The Morgan fingerprint density at radius 1 is 1.33 bits per heavy atom. The Hall–Kier alpha value is -1.97. The minimum atomic E-state index is -4.56. The first-order chi connectivity index (χ1) is 6.87. The summed E-state index contributed by atoms with van der Waals surface area (Å²) in [5, 5.41) is 21.8. The summed E-state index contributed by atoms with van der Waals surface area (Å²) >= 11 is 0. The first-order valence-electron chi connectivity index (χ1n) is 3.42. The highest BCUT2D eigenvalue weighted by molar-refractivity contribution is 7.93. The van der Waals surface area contributed by atoms with E-state index in [1.807, 2.05) is 5.21 Å². The van der Waals surface area contributed by atoms with Crippen molar-refractivity contribution in [2.45, 2.75) is 10.3 Å². The molecule has 0 unspecified atom stereocenters. The fraction of sp³-hybridized carbons (Fsp3) is 0.200. The lowest BCUT2D eigenvalue weighted by Crippen LogP contribution is -2.37. The molecule has 0 saturated heterocycles. The number of sulfone groups is 1. The number of aromatic nitrogens is 3. The molecule has 1 aromatic heterocycles. The molecule has 0 aliphatic heterocycles. The number of hydrogen-bond acceptors (Lipinski definition) is 6. The number of carboxylic acid groups (broad SMARTS) is 2. The molecule has 10 heteroatoms. The number of aromatic amines is 1. The summed E-state index contributed by atoms with van der Waals surface area (Å²) in [7, 11) is -4.56. The zero-order valence-corrected chi connectivity index (χ0v) is 7.80. The summed E-state index contributed by atoms with van der Waals surface area (Å²) in [5.74, 6) is -3.96. The molecule has 1 heterocycles. The van der Waals surface area contributed by atoms with Crippen LogP contribution < -0.4 is 0 Å². The van der Waals surface area contributed by atoms with Gasteiger partial charge in [0.25, 0.3) is 5.25 Å². The van der Waals surface area contributed by atoms with Crippen LogP contribution in [0.3, 0.4) is 0 Å². The second-order valence-electron chi connectivity index (χ2n) is 2.41. The van der Waals surface area contributed by atoms with Gasteiger partial charge in [-0.05, 0) is 0 Å². The zero-order chi connectivity index (χ0) is 11.6. The normalized spacial score (nSPS) is 11.5. The predicted molar refractivity (Wildman–Crippen MR) is 42.6 cm³/mol. The van der Waals surface area contributed by atoms with Gasteiger partial charge in [0.05, 0.1) is 6.20 Å². The van der Waals surface area contributed by atoms with Crippen molar-refractivity contribution in [1.82, 2.24) is 15.4 Å². The maximum absolute atomic E-state index is 11.4. The molecule has 1 rings (SSSR count). The van der Waals surface area contributed by atoms with E-state index in [4.69, 9.17) is 10.2 Å². The summed E-state index contributed by atoms with van der Waals surface area (Å²) < 4.78 is 22.8. The molecule has 0 aromatic carbocycles. The van der Waals surface area contributed by atoms with Gasteiger partial charge in [-0.3, -0.25) is 9.59 Å². The van der Waals surface area contributed by atoms with Gasteiger partial charge in [0.15, 0.2) is 5.03 Å². The van der Waals surface area contributed by atoms with E-state index < -0.39 is 32.1 Å². The van der Waals surface area contributed by atoms with Gasteiger partial charge in [-0.25, -0.2) is 8.42 Å². The van der Waals surface area contributed by atoms with Crippen LogP contribution in [0.2, 0.25) is 0 Å². The van der Waals surface area contributed by atoms with E-state index in [1.54, 1.807) is 0 Å². The SMILES string of the molecule is O=C(O)C(C(=O)O)S(=O)(=O)c1cn[nH]n1. The standard InChI is InChI=1S/C5H5N3O6S/c9-4(10)3(5(11)12)15(13,14)2-1-6-8-7-2/h1,3H,(H,9,10)(H,11,12)(H,6,7,8). The molecule has 0 aliphatic carbocycles. The first-order valence-corrected chi connectivity index (χ1v) is 4.97. The topological polar surface area (TPSA) is 150 Å². The van der Waals surface area contributed by atoms with E-state index in [2.05, 4.69) is 10.2 Å². The molecule has 82 valence electrons. The van der Waals surface area contributed by atoms with Gasteiger partial charge < -0.3 is 10.2 Å². The van der Waals surface area contributed by atoms with Crippen molar-refractivity contribution >= 4 is 21.8 Å². The summed E-state index contributed by atoms with van der Waals surface area (Å²) in [5.41, 5.74) is 0. The summed E-state index contributed by atoms with van der Waals surface area (Å²) in [6.45, 7) is 0. The smallest absolute Gasteiger partial charge is 0.334 e. The maximum atomic E-state index is 11.4. The van der Waals surface area contributed by atoms with Crippen molar-refractivity contribution in [3.63, 3.8) is 0 Å². The van der Waals surface area contributed by atoms with Crippen molar-refractivity contribution < 1.29 is 28.2 Å². The highest BCUT2D eigenvalue weighted by Crippen LogP contribution is 2.12. The second-order valence-corrected chi connectivity index (χ2v) is 4.39. The molecule has 0 bridgehead atoms. The number of rotatable bonds is 4. The van der Waals surface area contributed by atoms with Gasteiger partial charge in [0, 0.05) is 0 Å². The van der Waals surface area contributed by atoms with E-state index in [0.29, 0.717) is 0 Å². The highest BCUT2D eigenvalue weighted by atomic mass is 32.2. The molecule has 3 N–H and O–H groups in total. The number of nitrogens with zero attached hydrogens (tertiary/aromatic N) is 2. The minimum Gasteiger partial charge on any atom is -0.480 e. The van der Waals surface area contributed by atoms with Crippen LogP contribution in [0.15, 0.2) is 11.2 Å². The van der Waals surface area contributed by atoms with Crippen molar-refractivity contribution in [3.05, 3.63) is 6.20 Å². The Morgan fingerprint density at radius 3 is 2.20 bits per heavy atom. The lowest BCUT2D eigenvalue weighted by Gasteiger charge is -2.05. The highest BCUT2D eigenvalue weighted by Gasteiger charge is 2.42. The van der Waals surface area contributed by atoms with Crippen LogP contribution in [-0.2, 0) is 19.4 Å². The van der Waals surface area contributed by atoms with E-state index in [-0.39, 0.29) is 0 Å². The largest absolute Gasteiger partial charge is 0.480 e. The van der Waals surface area contributed by atoms with Crippen molar-refractivity contribution in [3.8, 4) is 0 Å². The molecular formula is C5H5N3O6S. The predicted octanol–water partition coefficient (Wildman–Crippen LogP) is -1.88. The zero-order valence-electron chi connectivity index (χ0n) is 6.98. The molecule has 0 saturated carbocycles. The third-order valence-electron chi connectivity index (χ3n) is 1.44. The quantitative estimate of drug-likeness (QED) is 0.513. The van der Waals surface area contributed by atoms with E-state index in [0.717, 1.165) is 6.20 Å². The molecule has 0 atom stereocenters. The number of hydrogen-bond donors (Lipinski definition) is 3. The Balaban J connectivity index is 3.26. The average molecular weight is 235 g/mol. The lowest BCUT2D eigenvalue weighted by molar-refractivity contribution is -0.146. The molecule has 0 radical (unpaired) electrons. The number of H-pyrrole nitrogens is 1. The van der Waals surface area contributed by atoms with Gasteiger partial charge in [0.2, 0.25) is 9.84 Å². The van der Waals surface area contributed by atoms with Gasteiger partial charge in [-0.15, -0.1) is 5.10 Å². The van der Waals surface area contributed by atoms with Crippen LogP contribution in [0, 0.1) is 0 Å². The summed E-state index contributed by atoms with van der Waals surface area (Å²) in [6, 6.07) is 0. The van der Waals surface area contributed by atoms with Crippen molar-refractivity contribution in [1.29, 1.82) is 0 Å². The third-order valence-corrected chi connectivity index (χ3v) is 3.25. The average Bonchev–Trinajstić information content (AvgIpc) is 2.52. The van der Waals surface area contributed by atoms with Crippen LogP contribution in [0.1, 0.15) is 0 Å². The lowest BCUT2D eigenvalue weighted by atomic mass is 10.4. The van der Waals surface area contributed by atoms with Crippen LogP contribution in [0.4, 0.5) is 0 Å². The number of aliphatic carboxylic acids is 2. The summed E-state index contributed by atoms with van der Waals surface area (Å²) in [6.07, 6.45) is 0.730. The molecular weight excluding hydrogens is 230 g/mol. The number of carboxylic acids is 2. The molecule has 0 aliphatic rings. The van der Waals surface area contributed by atoms with Crippen LogP contribution in [0.25, 0.3) is 0 Å². The van der Waals surface area contributed by atoms with Gasteiger partial charge >= 0.3 is 11.9 Å². The van der Waals surface area contributed by atoms with Crippen LogP contribution in [0.5, 0.6) is 0 Å². The molecule has 9 nitrogen and oxygen atoms in total. The van der Waals surface area contributed by atoms with Crippen molar-refractivity contribution in [2.75, 3.05) is 0 Å². The van der Waals surface area contributed by atoms with Crippen molar-refractivity contribution in [2.24, 2.45) is 0 Å². The Bertz CT molecular complexity index is 463. The molecule has 0 amide bonds. The Kier molecular flexibility index (Phi) is 2.70. The Morgan fingerprint density at radius 2 is 1.87 bits per heavy atom. The molecule has 0 fully saturated rings. The molecule has 0 spiro atoms. The van der Waals surface area contributed by atoms with Crippen LogP contribution >= 0.6 is 0 Å². The van der Waals surface area contributed by atoms with Crippen LogP contribution in [-0.4, -0.2) is 51.2 Å². The summed E-state index contributed by atoms with van der Waals surface area (Å²) in [4.78, 5) is 20.9. The first kappa shape index (κ1) is 11.1. The fourth-order valence-electron chi connectivity index (χ4n) is 0.820. The van der Waals surface area contributed by atoms with Gasteiger partial charge in [-0.1, -0.05) is 0 Å². The van der Waals surface area contributed by atoms with E-state index in [1.165, 1.54) is 0 Å². The molecule has 1 aromatic rings.